The van der Waals surface area contributed by atoms with Crippen molar-refractivity contribution in [2.45, 2.75) is 44.1 Å². The van der Waals surface area contributed by atoms with Crippen LogP contribution in [-0.4, -0.2) is 63.2 Å². The van der Waals surface area contributed by atoms with Gasteiger partial charge in [0.05, 0.1) is 0 Å². The Kier molecular flexibility index (Phi) is 8.57. The summed E-state index contributed by atoms with van der Waals surface area (Å²) >= 11 is 0. The van der Waals surface area contributed by atoms with Gasteiger partial charge in [-0.1, -0.05) is 41.6 Å². The molecule has 0 spiro atoms. The second-order valence-electron chi connectivity index (χ2n) is 11.0. The lowest BCUT2D eigenvalue weighted by Crippen LogP contribution is -2.38. The van der Waals surface area contributed by atoms with Gasteiger partial charge in [-0.3, -0.25) is 20.0 Å². The molecule has 3 N–H and O–H groups in total. The lowest BCUT2D eigenvalue weighted by molar-refractivity contribution is -0.260. The molecule has 2 aromatic carbocycles. The minimum atomic E-state index is -0.830. The molecule has 0 radical (unpaired) electrons. The number of hydroxylamine groups is 2. The number of piperidine rings is 1. The fourth-order valence-electron chi connectivity index (χ4n) is 5.61. The normalized spacial score (nSPS) is 19.7. The maximum absolute atomic E-state index is 11.9. The smallest absolute Gasteiger partial charge is 0.303 e. The van der Waals surface area contributed by atoms with Crippen LogP contribution in [-0.2, 0) is 13.5 Å². The number of pyridine rings is 1. The number of nitrogens with zero attached hydrogens (tertiary/aromatic N) is 3. The van der Waals surface area contributed by atoms with Crippen LogP contribution >= 0.6 is 0 Å². The Hall–Kier alpha value is -3.30. The summed E-state index contributed by atoms with van der Waals surface area (Å²) in [5, 5.41) is 21.1. The van der Waals surface area contributed by atoms with E-state index in [1.165, 1.54) is 24.8 Å². The molecule has 0 bridgehead atoms. The van der Waals surface area contributed by atoms with Crippen molar-refractivity contribution in [2.75, 3.05) is 26.2 Å². The Labute approximate surface area is 229 Å². The number of benzene rings is 2. The Morgan fingerprint density at radius 2 is 1.72 bits per heavy atom. The average Bonchev–Trinajstić information content (AvgIpc) is 3.74. The number of nitrogens with one attached hydrogen (secondary N) is 1. The molecular formula is C31H38N4O4. The van der Waals surface area contributed by atoms with Crippen molar-refractivity contribution in [3.63, 3.8) is 0 Å². The maximum Gasteiger partial charge on any atom is 0.303 e. The summed E-state index contributed by atoms with van der Waals surface area (Å²) in [6, 6.07) is 19.9. The van der Waals surface area contributed by atoms with Crippen LogP contribution in [0.3, 0.4) is 0 Å². The number of aromatic nitrogens is 1. The van der Waals surface area contributed by atoms with Crippen LogP contribution in [0.5, 0.6) is 0 Å². The van der Waals surface area contributed by atoms with Crippen molar-refractivity contribution in [3.8, 4) is 11.1 Å². The molecule has 206 valence electrons. The predicted molar refractivity (Wildman–Crippen MR) is 150 cm³/mol. The highest BCUT2D eigenvalue weighted by Crippen LogP contribution is 2.41. The second kappa shape index (κ2) is 12.3. The molecular weight excluding hydrogens is 492 g/mol. The average molecular weight is 531 g/mol. The molecule has 1 saturated carbocycles. The van der Waals surface area contributed by atoms with Gasteiger partial charge in [-0.25, -0.2) is 0 Å². The number of hydrogen-bond acceptors (Lipinski definition) is 6. The summed E-state index contributed by atoms with van der Waals surface area (Å²) in [7, 11) is 1.77. The van der Waals surface area contributed by atoms with Crippen LogP contribution in [0.15, 0.2) is 71.7 Å². The highest BCUT2D eigenvalue weighted by Gasteiger charge is 2.38. The van der Waals surface area contributed by atoms with Gasteiger partial charge in [0.25, 0.3) is 5.56 Å². The van der Waals surface area contributed by atoms with Crippen molar-refractivity contribution >= 4 is 5.91 Å². The molecule has 8 nitrogen and oxygen atoms in total. The first-order chi connectivity index (χ1) is 18.9. The van der Waals surface area contributed by atoms with E-state index in [1.807, 2.05) is 24.4 Å². The van der Waals surface area contributed by atoms with E-state index >= 15 is 0 Å². The molecule has 1 aliphatic carbocycles. The molecule has 8 heteroatoms. The van der Waals surface area contributed by atoms with E-state index in [9.17, 15) is 9.59 Å². The molecule has 2 atom stereocenters. The van der Waals surface area contributed by atoms with Gasteiger partial charge < -0.3 is 14.8 Å². The largest absolute Gasteiger partial charge is 0.319 e. The van der Waals surface area contributed by atoms with Gasteiger partial charge in [-0.2, -0.15) is 0 Å². The number of hydrogen-bond donors (Lipinski definition) is 3. The minimum absolute atomic E-state index is 0.0104. The van der Waals surface area contributed by atoms with Crippen LogP contribution < -0.4 is 10.9 Å². The molecule has 3 aromatic rings. The number of likely N-dealkylation sites (tertiary alicyclic amines) is 1. The monoisotopic (exact) mass is 530 g/mol. The molecule has 1 aliphatic heterocycles. The molecule has 2 heterocycles. The maximum atomic E-state index is 11.9. The summed E-state index contributed by atoms with van der Waals surface area (Å²) < 4.78 is 1.59. The molecule has 2 fully saturated rings. The van der Waals surface area contributed by atoms with Gasteiger partial charge >= 0.3 is 5.91 Å². The molecule has 2 aliphatic rings. The lowest BCUT2D eigenvalue weighted by Gasteiger charge is -2.32. The van der Waals surface area contributed by atoms with Gasteiger partial charge in [0.1, 0.15) is 0 Å². The van der Waals surface area contributed by atoms with Crippen molar-refractivity contribution in [2.24, 2.45) is 13.0 Å². The number of carbonyl (C=O) groups excluding carboxylic acids is 1. The van der Waals surface area contributed by atoms with Crippen LogP contribution in [0.25, 0.3) is 11.1 Å². The Morgan fingerprint density at radius 3 is 2.38 bits per heavy atom. The molecule has 1 amide bonds. The summed E-state index contributed by atoms with van der Waals surface area (Å²) in [5.41, 5.74) is 4.84. The third-order valence-corrected chi connectivity index (χ3v) is 8.27. The molecule has 39 heavy (non-hydrogen) atoms. The molecule has 1 aromatic heterocycles. The van der Waals surface area contributed by atoms with Gasteiger partial charge in [0, 0.05) is 36.8 Å². The highest BCUT2D eigenvalue weighted by molar-refractivity contribution is 5.92. The third-order valence-electron chi connectivity index (χ3n) is 8.27. The zero-order valence-electron chi connectivity index (χ0n) is 22.5. The summed E-state index contributed by atoms with van der Waals surface area (Å²) in [4.78, 5) is 26.0. The van der Waals surface area contributed by atoms with Crippen molar-refractivity contribution in [1.82, 2.24) is 20.0 Å². The highest BCUT2D eigenvalue weighted by atomic mass is 16.8. The second-order valence-corrected chi connectivity index (χ2v) is 11.0. The van der Waals surface area contributed by atoms with Gasteiger partial charge in [0.2, 0.25) is 0 Å². The van der Waals surface area contributed by atoms with Crippen LogP contribution in [0, 0.1) is 5.92 Å². The number of rotatable bonds is 10. The first kappa shape index (κ1) is 27.3. The van der Waals surface area contributed by atoms with Crippen LogP contribution in [0.1, 0.15) is 53.1 Å². The molecule has 5 rings (SSSR count). The topological polar surface area (TPSA) is 98.0 Å². The summed E-state index contributed by atoms with van der Waals surface area (Å²) in [5.74, 6) is 0.484. The SMILES string of the molecule is Cn1ccc(-c2ccc(C3CC3NCC3CCN(CCCc4ccc(C(=O)N(O)O)cc4)CC3)cc2)cc1=O. The number of amides is 1. The van der Waals surface area contributed by atoms with Crippen molar-refractivity contribution < 1.29 is 15.2 Å². The van der Waals surface area contributed by atoms with E-state index in [2.05, 4.69) is 34.5 Å². The molecule has 1 saturated heterocycles. The zero-order chi connectivity index (χ0) is 27.4. The van der Waals surface area contributed by atoms with E-state index in [0.717, 1.165) is 61.6 Å². The van der Waals surface area contributed by atoms with E-state index in [4.69, 9.17) is 10.4 Å². The third kappa shape index (κ3) is 7.02. The first-order valence-electron chi connectivity index (χ1n) is 13.9. The van der Waals surface area contributed by atoms with E-state index < -0.39 is 5.91 Å². The molecule has 2 unspecified atom stereocenters. The first-order valence-corrected chi connectivity index (χ1v) is 13.9. The minimum Gasteiger partial charge on any atom is -0.319 e. The van der Waals surface area contributed by atoms with Gasteiger partial charge in [-0.15, -0.1) is 0 Å². The van der Waals surface area contributed by atoms with Crippen LogP contribution in [0.4, 0.5) is 0 Å². The number of carbonyl (C=O) groups is 1. The van der Waals surface area contributed by atoms with Gasteiger partial charge in [-0.05, 0) is 105 Å². The predicted octanol–water partition coefficient (Wildman–Crippen LogP) is 4.06. The fourth-order valence-corrected chi connectivity index (χ4v) is 5.61. The van der Waals surface area contributed by atoms with Gasteiger partial charge in [0.15, 0.2) is 0 Å². The Balaban J connectivity index is 0.983. The zero-order valence-corrected chi connectivity index (χ0v) is 22.5. The quantitative estimate of drug-likeness (QED) is 0.270. The standard InChI is InChI=1S/C31H38N4O4/c1-33-16-14-27(19-30(33)36)24-8-10-25(11-9-24)28-20-29(28)32-21-23-12-17-34(18-13-23)15-2-3-22-4-6-26(7-5-22)31(37)35(38)39/h4-11,14,16,19,23,28-29,32,38-39H,2-3,12-13,15,17-18,20-21H2,1H3. The fraction of sp³-hybridized carbons (Fsp3) is 0.419. The Bertz CT molecular complexity index is 1310. The summed E-state index contributed by atoms with van der Waals surface area (Å²) in [6.07, 6.45) is 7.46. The number of aryl methyl sites for hydroxylation is 2. The summed E-state index contributed by atoms with van der Waals surface area (Å²) in [6.45, 7) is 4.44. The Morgan fingerprint density at radius 1 is 1.00 bits per heavy atom. The van der Waals surface area contributed by atoms with E-state index in [0.29, 0.717) is 12.0 Å². The van der Waals surface area contributed by atoms with Crippen molar-refractivity contribution in [3.05, 3.63) is 93.9 Å². The van der Waals surface area contributed by atoms with Crippen molar-refractivity contribution in [1.29, 1.82) is 0 Å². The van der Waals surface area contributed by atoms with Crippen LogP contribution in [0.2, 0.25) is 0 Å². The van der Waals surface area contributed by atoms with E-state index in [1.54, 1.807) is 29.8 Å². The lowest BCUT2D eigenvalue weighted by atomic mass is 9.96. The van der Waals surface area contributed by atoms with E-state index in [-0.39, 0.29) is 16.3 Å².